The zero-order valence-corrected chi connectivity index (χ0v) is 14.2. The number of carbonyl (C=O) groups excluding carboxylic acids is 1. The van der Waals surface area contributed by atoms with Gasteiger partial charge in [-0.15, -0.1) is 0 Å². The van der Waals surface area contributed by atoms with Crippen molar-refractivity contribution in [1.29, 1.82) is 0 Å². The van der Waals surface area contributed by atoms with Crippen LogP contribution in [0, 0.1) is 5.92 Å². The lowest BCUT2D eigenvalue weighted by atomic mass is 10.0. The molecule has 6 heteroatoms. The first kappa shape index (κ1) is 18.0. The average Bonchev–Trinajstić information content (AvgIpc) is 2.37. The molecule has 1 atom stereocenters. The summed E-state index contributed by atoms with van der Waals surface area (Å²) in [5.41, 5.74) is 0.0863. The normalized spacial score (nSPS) is 13.2. The van der Waals surface area contributed by atoms with Crippen LogP contribution in [-0.2, 0) is 9.05 Å². The Morgan fingerprint density at radius 3 is 2.38 bits per heavy atom. The summed E-state index contributed by atoms with van der Waals surface area (Å²) in [6.45, 7) is 6.23. The molecule has 0 heterocycles. The second-order valence-corrected chi connectivity index (χ2v) is 8.17. The van der Waals surface area contributed by atoms with Gasteiger partial charge in [-0.2, -0.15) is 0 Å². The number of hydrogen-bond acceptors (Lipinski definition) is 3. The van der Waals surface area contributed by atoms with Gasteiger partial charge in [-0.25, -0.2) is 8.42 Å². The lowest BCUT2D eigenvalue weighted by Crippen LogP contribution is -2.33. The molecule has 0 fully saturated rings. The van der Waals surface area contributed by atoms with Crippen molar-refractivity contribution in [3.8, 4) is 0 Å². The summed E-state index contributed by atoms with van der Waals surface area (Å²) in [5, 5.41) is 2.82. The van der Waals surface area contributed by atoms with Crippen molar-refractivity contribution in [3.63, 3.8) is 0 Å². The molecule has 0 saturated heterocycles. The fraction of sp³-hybridized carbons (Fsp3) is 0.533. The minimum Gasteiger partial charge on any atom is -0.350 e. The molecule has 0 radical (unpaired) electrons. The van der Waals surface area contributed by atoms with Gasteiger partial charge in [-0.3, -0.25) is 4.79 Å². The van der Waals surface area contributed by atoms with E-state index in [0.717, 1.165) is 19.3 Å². The largest absolute Gasteiger partial charge is 0.350 e. The van der Waals surface area contributed by atoms with Gasteiger partial charge in [0.05, 0.1) is 10.5 Å². The third-order valence-electron chi connectivity index (χ3n) is 3.19. The van der Waals surface area contributed by atoms with E-state index >= 15 is 0 Å². The molecule has 1 unspecified atom stereocenters. The highest BCUT2D eigenvalue weighted by atomic mass is 35.7. The Hall–Kier alpha value is -1.07. The fourth-order valence-corrected chi connectivity index (χ4v) is 3.14. The Morgan fingerprint density at radius 1 is 1.19 bits per heavy atom. The summed E-state index contributed by atoms with van der Waals surface area (Å²) in [6.07, 6.45) is 2.99. The number of amides is 1. The van der Waals surface area contributed by atoms with E-state index < -0.39 is 15.0 Å². The quantitative estimate of drug-likeness (QED) is 0.777. The molecule has 0 aromatic heterocycles. The molecule has 0 aliphatic carbocycles. The Morgan fingerprint density at radius 2 is 1.81 bits per heavy atom. The highest BCUT2D eigenvalue weighted by Crippen LogP contribution is 2.20. The van der Waals surface area contributed by atoms with Crippen molar-refractivity contribution < 1.29 is 13.2 Å². The predicted molar refractivity (Wildman–Crippen MR) is 85.1 cm³/mol. The van der Waals surface area contributed by atoms with Gasteiger partial charge in [0.15, 0.2) is 0 Å². The molecule has 4 nitrogen and oxygen atoms in total. The smallest absolute Gasteiger partial charge is 0.262 e. The lowest BCUT2D eigenvalue weighted by molar-refractivity contribution is 0.0934. The van der Waals surface area contributed by atoms with Gasteiger partial charge in [-0.1, -0.05) is 38.8 Å². The molecule has 1 amide bonds. The van der Waals surface area contributed by atoms with Crippen molar-refractivity contribution in [2.75, 3.05) is 0 Å². The molecular formula is C15H22ClNO3S. The second-order valence-electron chi connectivity index (χ2n) is 5.63. The average molecular weight is 332 g/mol. The monoisotopic (exact) mass is 331 g/mol. The van der Waals surface area contributed by atoms with E-state index in [0.29, 0.717) is 5.92 Å². The molecule has 0 spiro atoms. The van der Waals surface area contributed by atoms with Gasteiger partial charge in [0.2, 0.25) is 0 Å². The van der Waals surface area contributed by atoms with Crippen LogP contribution >= 0.6 is 10.7 Å². The van der Waals surface area contributed by atoms with Crippen LogP contribution in [0.2, 0.25) is 0 Å². The van der Waals surface area contributed by atoms with Gasteiger partial charge in [0.1, 0.15) is 0 Å². The summed E-state index contributed by atoms with van der Waals surface area (Å²) in [6, 6.07) is 5.94. The van der Waals surface area contributed by atoms with Crippen LogP contribution in [0.25, 0.3) is 0 Å². The van der Waals surface area contributed by atoms with Gasteiger partial charge >= 0.3 is 0 Å². The molecule has 21 heavy (non-hydrogen) atoms. The number of halogens is 1. The first-order chi connectivity index (χ1) is 9.71. The summed E-state index contributed by atoms with van der Waals surface area (Å²) >= 11 is 0. The molecule has 1 rings (SSSR count). The van der Waals surface area contributed by atoms with Crippen LogP contribution in [0.4, 0.5) is 0 Å². The van der Waals surface area contributed by atoms with Crippen molar-refractivity contribution in [3.05, 3.63) is 29.8 Å². The maximum absolute atomic E-state index is 12.2. The Balaban J connectivity index is 2.72. The van der Waals surface area contributed by atoms with E-state index in [4.69, 9.17) is 10.7 Å². The minimum absolute atomic E-state index is 0.0117. The molecule has 0 bridgehead atoms. The van der Waals surface area contributed by atoms with Crippen LogP contribution < -0.4 is 5.32 Å². The van der Waals surface area contributed by atoms with E-state index in [2.05, 4.69) is 19.2 Å². The van der Waals surface area contributed by atoms with Gasteiger partial charge in [-0.05, 0) is 31.4 Å². The topological polar surface area (TPSA) is 63.2 Å². The zero-order valence-electron chi connectivity index (χ0n) is 12.6. The van der Waals surface area contributed by atoms with E-state index in [-0.39, 0.29) is 16.5 Å². The number of rotatable bonds is 7. The van der Waals surface area contributed by atoms with E-state index in [1.165, 1.54) is 18.2 Å². The highest BCUT2D eigenvalue weighted by Gasteiger charge is 2.20. The van der Waals surface area contributed by atoms with E-state index in [1.807, 2.05) is 6.92 Å². The first-order valence-corrected chi connectivity index (χ1v) is 9.37. The van der Waals surface area contributed by atoms with Crippen LogP contribution in [0.3, 0.4) is 0 Å². The van der Waals surface area contributed by atoms with Gasteiger partial charge < -0.3 is 5.32 Å². The van der Waals surface area contributed by atoms with E-state index in [9.17, 15) is 13.2 Å². The molecular weight excluding hydrogens is 310 g/mol. The highest BCUT2D eigenvalue weighted by molar-refractivity contribution is 8.13. The predicted octanol–water partition coefficient (Wildman–Crippen LogP) is 3.56. The molecule has 0 aliphatic heterocycles. The first-order valence-electron chi connectivity index (χ1n) is 7.06. The summed E-state index contributed by atoms with van der Waals surface area (Å²) in [5.74, 6) is 0.224. The number of benzene rings is 1. The summed E-state index contributed by atoms with van der Waals surface area (Å²) in [7, 11) is 1.42. The fourth-order valence-electron chi connectivity index (χ4n) is 2.07. The third kappa shape index (κ3) is 6.06. The van der Waals surface area contributed by atoms with Crippen molar-refractivity contribution >= 4 is 25.6 Å². The molecule has 1 N–H and O–H groups in total. The number of carbonyl (C=O) groups is 1. The standard InChI is InChI=1S/C15H22ClNO3S/c1-11(2)7-6-8-12(3)17-15(18)13-9-4-5-10-14(13)21(16,19)20/h4-5,9-12H,6-8H2,1-3H3,(H,17,18). The van der Waals surface area contributed by atoms with Crippen LogP contribution in [0.1, 0.15) is 50.4 Å². The van der Waals surface area contributed by atoms with Gasteiger partial charge in [0, 0.05) is 16.7 Å². The molecule has 0 saturated carbocycles. The Bertz CT molecular complexity index is 584. The summed E-state index contributed by atoms with van der Waals surface area (Å²) in [4.78, 5) is 12.0. The van der Waals surface area contributed by atoms with Crippen molar-refractivity contribution in [2.24, 2.45) is 5.92 Å². The molecule has 1 aromatic carbocycles. The maximum atomic E-state index is 12.2. The minimum atomic E-state index is -3.93. The van der Waals surface area contributed by atoms with Crippen LogP contribution in [0.15, 0.2) is 29.2 Å². The lowest BCUT2D eigenvalue weighted by Gasteiger charge is -2.15. The number of hydrogen-bond donors (Lipinski definition) is 1. The van der Waals surface area contributed by atoms with Crippen molar-refractivity contribution in [2.45, 2.75) is 51.0 Å². The Labute approximate surface area is 131 Å². The zero-order chi connectivity index (χ0) is 16.0. The molecule has 0 aliphatic rings. The van der Waals surface area contributed by atoms with E-state index in [1.54, 1.807) is 6.07 Å². The van der Waals surface area contributed by atoms with Crippen molar-refractivity contribution in [1.82, 2.24) is 5.32 Å². The Kier molecular flexibility index (Phi) is 6.68. The summed E-state index contributed by atoms with van der Waals surface area (Å²) < 4.78 is 23.0. The third-order valence-corrected chi connectivity index (χ3v) is 4.57. The maximum Gasteiger partial charge on any atom is 0.262 e. The molecule has 118 valence electrons. The second kappa shape index (κ2) is 7.80. The number of nitrogens with one attached hydrogen (secondary N) is 1. The van der Waals surface area contributed by atoms with Crippen LogP contribution in [-0.4, -0.2) is 20.4 Å². The molecule has 1 aromatic rings. The van der Waals surface area contributed by atoms with Gasteiger partial charge in [0.25, 0.3) is 15.0 Å². The SMILES string of the molecule is CC(C)CCCC(C)NC(=O)c1ccccc1S(=O)(=O)Cl. The van der Waals surface area contributed by atoms with Crippen LogP contribution in [0.5, 0.6) is 0 Å².